The van der Waals surface area contributed by atoms with Gasteiger partial charge in [0, 0.05) is 44.5 Å². The molecule has 4 rings (SSSR count). The normalized spacial score (nSPS) is 18.2. The van der Waals surface area contributed by atoms with Crippen molar-refractivity contribution in [3.63, 3.8) is 0 Å². The van der Waals surface area contributed by atoms with Crippen LogP contribution in [0.1, 0.15) is 35.7 Å². The van der Waals surface area contributed by atoms with Gasteiger partial charge in [-0.2, -0.15) is 13.2 Å². The molecule has 2 aliphatic heterocycles. The maximum Gasteiger partial charge on any atom is 0.391 e. The minimum absolute atomic E-state index is 0.0974. The first-order valence-corrected chi connectivity index (χ1v) is 10.0. The van der Waals surface area contributed by atoms with Crippen molar-refractivity contribution >= 4 is 23.8 Å². The molecule has 5 nitrogen and oxygen atoms in total. The first kappa shape index (κ1) is 20.4. The van der Waals surface area contributed by atoms with Crippen LogP contribution in [0.2, 0.25) is 0 Å². The van der Waals surface area contributed by atoms with Crippen molar-refractivity contribution in [2.75, 3.05) is 36.0 Å². The van der Waals surface area contributed by atoms with Crippen LogP contribution in [0.3, 0.4) is 0 Å². The predicted molar refractivity (Wildman–Crippen MR) is 112 cm³/mol. The first-order chi connectivity index (χ1) is 14.4. The zero-order valence-electron chi connectivity index (χ0n) is 16.6. The molecule has 0 bridgehead atoms. The molecule has 30 heavy (non-hydrogen) atoms. The van der Waals surface area contributed by atoms with Gasteiger partial charge in [0.05, 0.1) is 17.3 Å². The molecule has 0 amide bonds. The lowest BCUT2D eigenvalue weighted by Gasteiger charge is -2.42. The van der Waals surface area contributed by atoms with E-state index in [4.69, 9.17) is 0 Å². The van der Waals surface area contributed by atoms with Gasteiger partial charge in [0.2, 0.25) is 0 Å². The minimum atomic E-state index is -4.12. The summed E-state index contributed by atoms with van der Waals surface area (Å²) in [5.41, 5.74) is 2.58. The van der Waals surface area contributed by atoms with E-state index >= 15 is 0 Å². The van der Waals surface area contributed by atoms with E-state index in [0.29, 0.717) is 18.9 Å². The average molecular weight is 415 g/mol. The highest BCUT2D eigenvalue weighted by molar-refractivity contribution is 5.63. The number of piperidine rings is 1. The van der Waals surface area contributed by atoms with Crippen LogP contribution in [-0.2, 0) is 0 Å². The van der Waals surface area contributed by atoms with Gasteiger partial charge in [-0.15, -0.1) is 0 Å². The summed E-state index contributed by atoms with van der Waals surface area (Å²) in [5.74, 6) is 0.520. The Bertz CT molecular complexity index is 929. The highest BCUT2D eigenvalue weighted by atomic mass is 19.4. The van der Waals surface area contributed by atoms with Crippen LogP contribution in [0, 0.1) is 5.92 Å². The van der Waals surface area contributed by atoms with Gasteiger partial charge >= 0.3 is 6.18 Å². The highest BCUT2D eigenvalue weighted by Gasteiger charge is 2.42. The molecular weight excluding hydrogens is 391 g/mol. The van der Waals surface area contributed by atoms with E-state index in [-0.39, 0.29) is 18.8 Å². The van der Waals surface area contributed by atoms with Gasteiger partial charge < -0.3 is 9.80 Å². The summed E-state index contributed by atoms with van der Waals surface area (Å²) in [7, 11) is 0. The Balaban J connectivity index is 1.45. The molecule has 0 saturated carbocycles. The average Bonchev–Trinajstić information content (AvgIpc) is 2.72. The molecule has 0 aliphatic carbocycles. The van der Waals surface area contributed by atoms with Crippen LogP contribution in [0.25, 0.3) is 12.2 Å². The Labute approximate surface area is 174 Å². The lowest BCUT2D eigenvalue weighted by Crippen LogP contribution is -2.47. The van der Waals surface area contributed by atoms with Gasteiger partial charge in [-0.3, -0.25) is 4.98 Å². The third-order valence-electron chi connectivity index (χ3n) is 5.91. The summed E-state index contributed by atoms with van der Waals surface area (Å²) < 4.78 is 38.9. The third-order valence-corrected chi connectivity index (χ3v) is 5.91. The lowest BCUT2D eigenvalue weighted by molar-refractivity contribution is -0.179. The minimum Gasteiger partial charge on any atom is -0.355 e. The molecule has 0 N–H and O–H groups in total. The summed E-state index contributed by atoms with van der Waals surface area (Å²) >= 11 is 0. The molecule has 0 unspecified atom stereocenters. The van der Waals surface area contributed by atoms with Crippen molar-refractivity contribution in [3.8, 4) is 0 Å². The highest BCUT2D eigenvalue weighted by Crippen LogP contribution is 2.38. The van der Waals surface area contributed by atoms with Crippen LogP contribution >= 0.6 is 0 Å². The third kappa shape index (κ3) is 3.91. The Morgan fingerprint density at radius 3 is 2.30 bits per heavy atom. The predicted octanol–water partition coefficient (Wildman–Crippen LogP) is 4.54. The zero-order chi connectivity index (χ0) is 21.3. The maximum absolute atomic E-state index is 13.0. The van der Waals surface area contributed by atoms with Gasteiger partial charge in [-0.05, 0) is 36.6 Å². The van der Waals surface area contributed by atoms with Crippen LogP contribution < -0.4 is 9.80 Å². The summed E-state index contributed by atoms with van der Waals surface area (Å²) in [5, 5.41) is 0. The van der Waals surface area contributed by atoms with E-state index in [2.05, 4.69) is 33.0 Å². The van der Waals surface area contributed by atoms with E-state index in [1.54, 1.807) is 24.5 Å². The molecule has 0 spiro atoms. The van der Waals surface area contributed by atoms with Crippen molar-refractivity contribution in [2.45, 2.75) is 24.9 Å². The number of pyridine rings is 1. The largest absolute Gasteiger partial charge is 0.391 e. The zero-order valence-corrected chi connectivity index (χ0v) is 16.6. The number of hydrogen-bond acceptors (Lipinski definition) is 5. The van der Waals surface area contributed by atoms with E-state index in [1.807, 2.05) is 17.0 Å². The molecule has 0 aromatic carbocycles. The SMILES string of the molecule is C=Cc1ccc(N2CC(c3nccnc3N3CCC(C(F)(F)F)CC3)C2)nc1C=C. The van der Waals surface area contributed by atoms with Crippen LogP contribution in [-0.4, -0.2) is 47.3 Å². The number of aromatic nitrogens is 3. The van der Waals surface area contributed by atoms with Crippen molar-refractivity contribution < 1.29 is 13.2 Å². The van der Waals surface area contributed by atoms with E-state index in [1.165, 1.54) is 0 Å². The number of hydrogen-bond donors (Lipinski definition) is 0. The second-order valence-corrected chi connectivity index (χ2v) is 7.72. The summed E-state index contributed by atoms with van der Waals surface area (Å²) in [4.78, 5) is 17.7. The quantitative estimate of drug-likeness (QED) is 0.718. The molecule has 0 radical (unpaired) electrons. The van der Waals surface area contributed by atoms with E-state index in [0.717, 1.165) is 35.9 Å². The van der Waals surface area contributed by atoms with Gasteiger partial charge in [0.1, 0.15) is 5.82 Å². The van der Waals surface area contributed by atoms with Crippen molar-refractivity contribution in [2.24, 2.45) is 5.92 Å². The second kappa shape index (κ2) is 8.08. The molecule has 158 valence electrons. The van der Waals surface area contributed by atoms with Gasteiger partial charge in [-0.25, -0.2) is 9.97 Å². The molecule has 2 aliphatic rings. The molecule has 2 aromatic heterocycles. The Morgan fingerprint density at radius 1 is 0.967 bits per heavy atom. The molecule has 2 saturated heterocycles. The standard InChI is InChI=1S/C22H24F3N5/c1-3-15-5-6-19(28-18(15)4-2)30-13-16(14-30)20-21(27-10-9-26-20)29-11-7-17(8-12-29)22(23,24)25/h3-6,9-10,16-17H,1-2,7-8,11-14H2. The van der Waals surface area contributed by atoms with Crippen molar-refractivity contribution in [1.82, 2.24) is 15.0 Å². The van der Waals surface area contributed by atoms with E-state index < -0.39 is 12.1 Å². The Morgan fingerprint density at radius 2 is 1.67 bits per heavy atom. The smallest absolute Gasteiger partial charge is 0.355 e. The van der Waals surface area contributed by atoms with Crippen LogP contribution in [0.5, 0.6) is 0 Å². The van der Waals surface area contributed by atoms with Crippen LogP contribution in [0.4, 0.5) is 24.8 Å². The second-order valence-electron chi connectivity index (χ2n) is 7.72. The molecular formula is C22H24F3N5. The maximum atomic E-state index is 13.0. The fourth-order valence-corrected chi connectivity index (χ4v) is 4.12. The fourth-order valence-electron chi connectivity index (χ4n) is 4.12. The van der Waals surface area contributed by atoms with Gasteiger partial charge in [0.25, 0.3) is 0 Å². The number of rotatable bonds is 5. The number of nitrogens with zero attached hydrogens (tertiary/aromatic N) is 5. The monoisotopic (exact) mass is 415 g/mol. The van der Waals surface area contributed by atoms with Gasteiger partial charge in [-0.1, -0.05) is 19.2 Å². The number of anilines is 2. The number of alkyl halides is 3. The summed E-state index contributed by atoms with van der Waals surface area (Å²) in [6.45, 7) is 9.76. The first-order valence-electron chi connectivity index (χ1n) is 10.0. The summed E-state index contributed by atoms with van der Waals surface area (Å²) in [6, 6.07) is 3.93. The summed E-state index contributed by atoms with van der Waals surface area (Å²) in [6.07, 6.45) is 2.79. The Kier molecular flexibility index (Phi) is 5.49. The van der Waals surface area contributed by atoms with Crippen LogP contribution in [0.15, 0.2) is 37.7 Å². The van der Waals surface area contributed by atoms with Crippen molar-refractivity contribution in [3.05, 3.63) is 54.6 Å². The molecule has 2 aromatic rings. The fraction of sp³-hybridized carbons (Fsp3) is 0.409. The number of halogens is 3. The molecule has 2 fully saturated rings. The topological polar surface area (TPSA) is 45.2 Å². The van der Waals surface area contributed by atoms with Gasteiger partial charge in [0.15, 0.2) is 5.82 Å². The van der Waals surface area contributed by atoms with Crippen molar-refractivity contribution in [1.29, 1.82) is 0 Å². The Hall–Kier alpha value is -2.90. The van der Waals surface area contributed by atoms with E-state index in [9.17, 15) is 13.2 Å². The lowest BCUT2D eigenvalue weighted by atomic mass is 9.93. The molecule has 8 heteroatoms. The molecule has 0 atom stereocenters. The molecule has 4 heterocycles.